The number of ether oxygens (including phenoxy) is 1. The molecule has 0 atom stereocenters. The molecule has 0 aliphatic rings. The van der Waals surface area contributed by atoms with Crippen LogP contribution in [-0.2, 0) is 10.0 Å². The Hall–Kier alpha value is -1.60. The van der Waals surface area contributed by atoms with Crippen molar-refractivity contribution in [3.05, 3.63) is 17.8 Å². The van der Waals surface area contributed by atoms with Gasteiger partial charge < -0.3 is 9.26 Å². The third-order valence-electron chi connectivity index (χ3n) is 3.55. The molecule has 122 valence electrons. The Morgan fingerprint density at radius 3 is 2.73 bits per heavy atom. The smallest absolute Gasteiger partial charge is 0.248 e. The minimum Gasteiger partial charge on any atom is -0.495 e. The maximum atomic E-state index is 12.6. The van der Waals surface area contributed by atoms with Crippen molar-refractivity contribution in [1.29, 1.82) is 0 Å². The van der Waals surface area contributed by atoms with Gasteiger partial charge in [-0.15, -0.1) is 0 Å². The Balaban J connectivity index is 2.31. The van der Waals surface area contributed by atoms with E-state index in [0.29, 0.717) is 17.6 Å². The summed E-state index contributed by atoms with van der Waals surface area (Å²) in [6.45, 7) is 4.28. The Labute approximate surface area is 130 Å². The first-order chi connectivity index (χ1) is 10.5. The summed E-state index contributed by atoms with van der Waals surface area (Å²) in [7, 11) is -2.28. The monoisotopic (exact) mass is 326 g/mol. The molecule has 0 unspecified atom stereocenters. The quantitative estimate of drug-likeness (QED) is 0.754. The highest BCUT2D eigenvalue weighted by molar-refractivity contribution is 7.89. The van der Waals surface area contributed by atoms with Crippen LogP contribution in [0.1, 0.15) is 38.3 Å². The van der Waals surface area contributed by atoms with Gasteiger partial charge in [-0.05, 0) is 25.5 Å². The standard InChI is InChI=1S/C15H22N2O4S/c1-4-5-6-7-10-16-22(18,19)15-13(20-3)9-8-12-11(2)17-21-14(12)15/h8-9,16H,4-7,10H2,1-3H3. The fourth-order valence-corrected chi connectivity index (χ4v) is 3.69. The minimum atomic E-state index is -3.71. The number of aromatic nitrogens is 1. The molecule has 1 aromatic heterocycles. The number of unbranched alkanes of at least 4 members (excludes halogenated alkanes) is 3. The van der Waals surface area contributed by atoms with Gasteiger partial charge in [-0.3, -0.25) is 0 Å². The molecule has 0 radical (unpaired) electrons. The summed E-state index contributed by atoms with van der Waals surface area (Å²) in [4.78, 5) is 0.0172. The molecule has 2 rings (SSSR count). The summed E-state index contributed by atoms with van der Waals surface area (Å²) in [5, 5.41) is 4.52. The van der Waals surface area contributed by atoms with E-state index in [2.05, 4.69) is 16.8 Å². The fourth-order valence-electron chi connectivity index (χ4n) is 2.33. The van der Waals surface area contributed by atoms with Gasteiger partial charge in [-0.2, -0.15) is 0 Å². The van der Waals surface area contributed by atoms with E-state index >= 15 is 0 Å². The van der Waals surface area contributed by atoms with Crippen LogP contribution in [0.3, 0.4) is 0 Å². The lowest BCUT2D eigenvalue weighted by Gasteiger charge is -2.10. The van der Waals surface area contributed by atoms with Crippen LogP contribution in [0.15, 0.2) is 21.6 Å². The van der Waals surface area contributed by atoms with Crippen molar-refractivity contribution in [3.63, 3.8) is 0 Å². The molecule has 0 saturated carbocycles. The summed E-state index contributed by atoms with van der Waals surface area (Å²) in [6.07, 6.45) is 4.02. The lowest BCUT2D eigenvalue weighted by Crippen LogP contribution is -2.25. The highest BCUT2D eigenvalue weighted by atomic mass is 32.2. The van der Waals surface area contributed by atoms with Crippen LogP contribution in [0, 0.1) is 6.92 Å². The molecule has 0 amide bonds. The molecule has 0 aliphatic carbocycles. The molecule has 1 heterocycles. The molecule has 2 aromatic rings. The number of benzene rings is 1. The van der Waals surface area contributed by atoms with Crippen LogP contribution in [0.2, 0.25) is 0 Å². The Bertz CT molecular complexity index is 737. The van der Waals surface area contributed by atoms with Crippen molar-refractivity contribution in [1.82, 2.24) is 9.88 Å². The van der Waals surface area contributed by atoms with Crippen LogP contribution in [0.4, 0.5) is 0 Å². The summed E-state index contributed by atoms with van der Waals surface area (Å²) in [5.74, 6) is 0.254. The molecule has 6 nitrogen and oxygen atoms in total. The van der Waals surface area contributed by atoms with Gasteiger partial charge >= 0.3 is 0 Å². The van der Waals surface area contributed by atoms with E-state index in [-0.39, 0.29) is 16.2 Å². The Morgan fingerprint density at radius 1 is 1.27 bits per heavy atom. The van der Waals surface area contributed by atoms with Crippen LogP contribution in [0.25, 0.3) is 11.0 Å². The average molecular weight is 326 g/mol. The third kappa shape index (κ3) is 3.41. The van der Waals surface area contributed by atoms with Crippen molar-refractivity contribution in [2.75, 3.05) is 13.7 Å². The van der Waals surface area contributed by atoms with Crippen molar-refractivity contribution in [2.45, 2.75) is 44.4 Å². The minimum absolute atomic E-state index is 0.0172. The van der Waals surface area contributed by atoms with Gasteiger partial charge in [0.15, 0.2) is 10.5 Å². The van der Waals surface area contributed by atoms with Gasteiger partial charge in [0.05, 0.1) is 12.8 Å². The predicted molar refractivity (Wildman–Crippen MR) is 84.6 cm³/mol. The van der Waals surface area contributed by atoms with Crippen LogP contribution < -0.4 is 9.46 Å². The highest BCUT2D eigenvalue weighted by Gasteiger charge is 2.26. The molecule has 0 fully saturated rings. The zero-order valence-electron chi connectivity index (χ0n) is 13.2. The van der Waals surface area contributed by atoms with Crippen molar-refractivity contribution >= 4 is 21.0 Å². The molecule has 1 N–H and O–H groups in total. The van der Waals surface area contributed by atoms with E-state index in [1.54, 1.807) is 19.1 Å². The zero-order valence-corrected chi connectivity index (χ0v) is 14.0. The second-order valence-corrected chi connectivity index (χ2v) is 6.90. The van der Waals surface area contributed by atoms with Gasteiger partial charge in [-0.1, -0.05) is 31.3 Å². The first kappa shape index (κ1) is 16.8. The van der Waals surface area contributed by atoms with Gasteiger partial charge in [0.1, 0.15) is 5.75 Å². The molecular formula is C15H22N2O4S. The van der Waals surface area contributed by atoms with Gasteiger partial charge in [0.25, 0.3) is 0 Å². The number of hydrogen-bond donors (Lipinski definition) is 1. The average Bonchev–Trinajstić information content (AvgIpc) is 2.87. The number of hydrogen-bond acceptors (Lipinski definition) is 5. The van der Waals surface area contributed by atoms with Crippen LogP contribution in [0.5, 0.6) is 5.75 Å². The molecular weight excluding hydrogens is 304 g/mol. The second kappa shape index (κ2) is 7.11. The molecule has 1 aromatic carbocycles. The summed E-state index contributed by atoms with van der Waals surface area (Å²) in [6, 6.07) is 3.37. The van der Waals surface area contributed by atoms with E-state index in [4.69, 9.17) is 9.26 Å². The number of rotatable bonds is 8. The highest BCUT2D eigenvalue weighted by Crippen LogP contribution is 2.33. The van der Waals surface area contributed by atoms with Crippen molar-refractivity contribution in [3.8, 4) is 5.75 Å². The molecule has 0 saturated heterocycles. The van der Waals surface area contributed by atoms with E-state index in [0.717, 1.165) is 25.7 Å². The number of fused-ring (bicyclic) bond motifs is 1. The number of methoxy groups -OCH3 is 1. The molecule has 0 bridgehead atoms. The first-order valence-corrected chi connectivity index (χ1v) is 8.92. The van der Waals surface area contributed by atoms with E-state index in [1.165, 1.54) is 7.11 Å². The summed E-state index contributed by atoms with van der Waals surface area (Å²) >= 11 is 0. The fraction of sp³-hybridized carbons (Fsp3) is 0.533. The number of nitrogens with one attached hydrogen (secondary N) is 1. The summed E-state index contributed by atoms with van der Waals surface area (Å²) < 4.78 is 38.2. The molecule has 0 spiro atoms. The second-order valence-electron chi connectivity index (χ2n) is 5.20. The SMILES string of the molecule is CCCCCCNS(=O)(=O)c1c(OC)ccc2c(C)noc12. The summed E-state index contributed by atoms with van der Waals surface area (Å²) in [5.41, 5.74) is 0.884. The van der Waals surface area contributed by atoms with Crippen molar-refractivity contribution < 1.29 is 17.7 Å². The normalized spacial score (nSPS) is 12.0. The number of sulfonamides is 1. The number of aryl methyl sites for hydroxylation is 1. The lowest BCUT2D eigenvalue weighted by atomic mass is 10.2. The van der Waals surface area contributed by atoms with Crippen LogP contribution in [-0.4, -0.2) is 27.2 Å². The van der Waals surface area contributed by atoms with Gasteiger partial charge in [0.2, 0.25) is 10.0 Å². The first-order valence-electron chi connectivity index (χ1n) is 7.44. The van der Waals surface area contributed by atoms with Crippen molar-refractivity contribution in [2.24, 2.45) is 0 Å². The van der Waals surface area contributed by atoms with E-state index in [1.807, 2.05) is 0 Å². The van der Waals surface area contributed by atoms with E-state index < -0.39 is 10.0 Å². The zero-order chi connectivity index (χ0) is 16.2. The molecule has 0 aliphatic heterocycles. The van der Waals surface area contributed by atoms with E-state index in [9.17, 15) is 8.42 Å². The third-order valence-corrected chi connectivity index (χ3v) is 5.06. The predicted octanol–water partition coefficient (Wildman–Crippen LogP) is 3.00. The van der Waals surface area contributed by atoms with Crippen LogP contribution >= 0.6 is 0 Å². The number of nitrogens with zero attached hydrogens (tertiary/aromatic N) is 1. The maximum Gasteiger partial charge on any atom is 0.248 e. The molecule has 7 heteroatoms. The van der Waals surface area contributed by atoms with Gasteiger partial charge in [-0.25, -0.2) is 13.1 Å². The molecule has 22 heavy (non-hydrogen) atoms. The lowest BCUT2D eigenvalue weighted by molar-refractivity contribution is 0.396. The Kier molecular flexibility index (Phi) is 5.42. The Morgan fingerprint density at radius 2 is 2.05 bits per heavy atom. The maximum absolute atomic E-state index is 12.6. The van der Waals surface area contributed by atoms with Gasteiger partial charge in [0, 0.05) is 11.9 Å². The topological polar surface area (TPSA) is 81.4 Å². The largest absolute Gasteiger partial charge is 0.495 e.